The molecule has 1 aromatic heterocycles. The molecule has 5 amide bonds. The van der Waals surface area contributed by atoms with Crippen LogP contribution in [0.5, 0.6) is 0 Å². The maximum Gasteiger partial charge on any atom is 0.414 e. The Balaban J connectivity index is 1.93. The van der Waals surface area contributed by atoms with Crippen LogP contribution in [0.2, 0.25) is 0 Å². The van der Waals surface area contributed by atoms with Gasteiger partial charge in [-0.25, -0.2) is 23.9 Å². The number of ether oxygens (including phenoxy) is 1. The van der Waals surface area contributed by atoms with E-state index in [9.17, 15) is 24.0 Å². The molecule has 0 radical (unpaired) electrons. The van der Waals surface area contributed by atoms with E-state index in [0.29, 0.717) is 11.1 Å². The summed E-state index contributed by atoms with van der Waals surface area (Å²) in [5, 5.41) is 5.44. The molecule has 30 heavy (non-hydrogen) atoms. The molecule has 1 aromatic carbocycles. The molecular weight excluding hydrogens is 394 g/mol. The van der Waals surface area contributed by atoms with Crippen LogP contribution in [0, 0.1) is 0 Å². The zero-order chi connectivity index (χ0) is 22.0. The van der Waals surface area contributed by atoms with Crippen molar-refractivity contribution in [1.29, 1.82) is 0 Å². The van der Waals surface area contributed by atoms with E-state index in [1.54, 1.807) is 12.1 Å². The zero-order valence-corrected chi connectivity index (χ0v) is 16.7. The molecule has 1 atom stereocenters. The largest absolute Gasteiger partial charge is 0.442 e. The predicted octanol–water partition coefficient (Wildman–Crippen LogP) is 0.702. The smallest absolute Gasteiger partial charge is 0.414 e. The number of anilines is 1. The fourth-order valence-electron chi connectivity index (χ4n) is 3.10. The number of imide groups is 1. The molecule has 2 heterocycles. The normalized spacial score (nSPS) is 15.6. The van der Waals surface area contributed by atoms with Gasteiger partial charge in [0, 0.05) is 38.2 Å². The summed E-state index contributed by atoms with van der Waals surface area (Å²) in [6.07, 6.45) is -1.05. The number of hydrogen-bond acceptors (Lipinski definition) is 6. The third-order valence-electron chi connectivity index (χ3n) is 4.64. The van der Waals surface area contributed by atoms with Crippen molar-refractivity contribution in [2.45, 2.75) is 13.0 Å². The lowest BCUT2D eigenvalue weighted by Crippen LogP contribution is -2.44. The number of nitrogens with zero attached hydrogens (tertiary/aromatic N) is 3. The van der Waals surface area contributed by atoms with Crippen LogP contribution in [-0.2, 0) is 9.53 Å². The van der Waals surface area contributed by atoms with E-state index in [0.717, 1.165) is 9.47 Å². The second-order valence-electron chi connectivity index (χ2n) is 6.70. The Kier molecular flexibility index (Phi) is 5.72. The standard InChI is InChI=1S/C19H21N5O6/c1-11(25)21-9-14-10-23(19(29)30-14)13-5-6-15-12(8-13)4-7-16(26)24(15)18(28)22(3)17(27)20-2/h4-8,14H,9-10H2,1-3H3,(H,20,27)(H,21,25)/t14-/m0/s1. The Morgan fingerprint density at radius 3 is 2.60 bits per heavy atom. The van der Waals surface area contributed by atoms with Crippen LogP contribution in [0.15, 0.2) is 35.1 Å². The van der Waals surface area contributed by atoms with Crippen LogP contribution in [0.3, 0.4) is 0 Å². The summed E-state index contributed by atoms with van der Waals surface area (Å²) >= 11 is 0. The molecule has 11 heteroatoms. The minimum Gasteiger partial charge on any atom is -0.442 e. The van der Waals surface area contributed by atoms with Gasteiger partial charge in [0.25, 0.3) is 5.56 Å². The van der Waals surface area contributed by atoms with Crippen LogP contribution in [0.25, 0.3) is 10.9 Å². The highest BCUT2D eigenvalue weighted by Crippen LogP contribution is 2.25. The van der Waals surface area contributed by atoms with Gasteiger partial charge in [0.1, 0.15) is 6.10 Å². The van der Waals surface area contributed by atoms with E-state index in [1.807, 2.05) is 0 Å². The second kappa shape index (κ2) is 8.23. The summed E-state index contributed by atoms with van der Waals surface area (Å²) in [6.45, 7) is 1.81. The van der Waals surface area contributed by atoms with Crippen molar-refractivity contribution in [1.82, 2.24) is 20.1 Å². The molecule has 1 aliphatic heterocycles. The zero-order valence-electron chi connectivity index (χ0n) is 16.7. The van der Waals surface area contributed by atoms with Crippen molar-refractivity contribution in [3.05, 3.63) is 40.7 Å². The van der Waals surface area contributed by atoms with E-state index in [-0.39, 0.29) is 24.5 Å². The molecule has 0 spiro atoms. The number of carbonyl (C=O) groups excluding carboxylic acids is 4. The van der Waals surface area contributed by atoms with Crippen LogP contribution in [0.1, 0.15) is 6.92 Å². The second-order valence-corrected chi connectivity index (χ2v) is 6.70. The average Bonchev–Trinajstić information content (AvgIpc) is 3.10. The van der Waals surface area contributed by atoms with Gasteiger partial charge in [-0.15, -0.1) is 0 Å². The summed E-state index contributed by atoms with van der Waals surface area (Å²) in [5.41, 5.74) is 0.205. The summed E-state index contributed by atoms with van der Waals surface area (Å²) in [5.74, 6) is -0.223. The average molecular weight is 415 g/mol. The molecule has 2 aromatic rings. The molecule has 11 nitrogen and oxygen atoms in total. The number of carbonyl (C=O) groups is 4. The minimum absolute atomic E-state index is 0.199. The van der Waals surface area contributed by atoms with Gasteiger partial charge in [0.2, 0.25) is 5.91 Å². The first-order valence-electron chi connectivity index (χ1n) is 9.11. The van der Waals surface area contributed by atoms with Gasteiger partial charge in [-0.05, 0) is 24.3 Å². The molecule has 0 saturated carbocycles. The number of pyridine rings is 1. The summed E-state index contributed by atoms with van der Waals surface area (Å²) in [6, 6.07) is 6.01. The van der Waals surface area contributed by atoms with Crippen molar-refractivity contribution in [3.63, 3.8) is 0 Å². The number of aromatic nitrogens is 1. The van der Waals surface area contributed by atoms with E-state index in [2.05, 4.69) is 10.6 Å². The minimum atomic E-state index is -0.811. The number of rotatable bonds is 3. The van der Waals surface area contributed by atoms with E-state index in [1.165, 1.54) is 44.1 Å². The maximum absolute atomic E-state index is 12.7. The Bertz CT molecular complexity index is 1090. The van der Waals surface area contributed by atoms with Gasteiger partial charge in [0.15, 0.2) is 0 Å². The van der Waals surface area contributed by atoms with Crippen LogP contribution in [0.4, 0.5) is 20.1 Å². The number of nitrogens with one attached hydrogen (secondary N) is 2. The van der Waals surface area contributed by atoms with Gasteiger partial charge in [-0.1, -0.05) is 0 Å². The van der Waals surface area contributed by atoms with Crippen molar-refractivity contribution < 1.29 is 23.9 Å². The first-order valence-corrected chi connectivity index (χ1v) is 9.11. The van der Waals surface area contributed by atoms with Gasteiger partial charge in [-0.2, -0.15) is 0 Å². The highest BCUT2D eigenvalue weighted by atomic mass is 16.6. The number of fused-ring (bicyclic) bond motifs is 1. The Labute approximate surface area is 171 Å². The topological polar surface area (TPSA) is 130 Å². The predicted molar refractivity (Wildman–Crippen MR) is 108 cm³/mol. The first-order chi connectivity index (χ1) is 14.2. The Hall–Kier alpha value is -3.89. The lowest BCUT2D eigenvalue weighted by molar-refractivity contribution is -0.119. The number of amides is 5. The van der Waals surface area contributed by atoms with E-state index < -0.39 is 29.8 Å². The van der Waals surface area contributed by atoms with Crippen LogP contribution >= 0.6 is 0 Å². The fourth-order valence-corrected chi connectivity index (χ4v) is 3.10. The summed E-state index contributed by atoms with van der Waals surface area (Å²) in [4.78, 5) is 62.2. The highest BCUT2D eigenvalue weighted by molar-refractivity contribution is 6.00. The first kappa shape index (κ1) is 20.8. The van der Waals surface area contributed by atoms with Crippen LogP contribution < -0.4 is 21.1 Å². The molecule has 1 fully saturated rings. The molecule has 0 unspecified atom stereocenters. The number of benzene rings is 1. The van der Waals surface area contributed by atoms with Gasteiger partial charge >= 0.3 is 18.2 Å². The molecule has 0 bridgehead atoms. The Morgan fingerprint density at radius 1 is 1.20 bits per heavy atom. The number of hydrogen-bond donors (Lipinski definition) is 2. The maximum atomic E-state index is 12.7. The van der Waals surface area contributed by atoms with Crippen molar-refractivity contribution in [2.24, 2.45) is 0 Å². The molecule has 1 aliphatic rings. The highest BCUT2D eigenvalue weighted by Gasteiger charge is 2.32. The summed E-state index contributed by atoms with van der Waals surface area (Å²) < 4.78 is 6.14. The van der Waals surface area contributed by atoms with Crippen molar-refractivity contribution in [3.8, 4) is 0 Å². The summed E-state index contributed by atoms with van der Waals surface area (Å²) in [7, 11) is 2.63. The molecule has 2 N–H and O–H groups in total. The quantitative estimate of drug-likeness (QED) is 0.759. The van der Waals surface area contributed by atoms with Crippen LogP contribution in [-0.4, -0.2) is 66.8 Å². The van der Waals surface area contributed by atoms with Gasteiger partial charge in [0.05, 0.1) is 18.6 Å². The number of cyclic esters (lactones) is 1. The van der Waals surface area contributed by atoms with E-state index in [4.69, 9.17) is 4.74 Å². The molecule has 158 valence electrons. The SMILES string of the molecule is CNC(=O)N(C)C(=O)n1c(=O)ccc2cc(N3C[C@H](CNC(C)=O)OC3=O)ccc21. The van der Waals surface area contributed by atoms with Gasteiger partial charge < -0.3 is 15.4 Å². The fraction of sp³-hybridized carbons (Fsp3) is 0.316. The molecular formula is C19H21N5O6. The monoisotopic (exact) mass is 415 g/mol. The molecule has 3 rings (SSSR count). The van der Waals surface area contributed by atoms with Gasteiger partial charge in [-0.3, -0.25) is 14.5 Å². The third-order valence-corrected chi connectivity index (χ3v) is 4.64. The van der Waals surface area contributed by atoms with E-state index >= 15 is 0 Å². The lowest BCUT2D eigenvalue weighted by atomic mass is 10.1. The Morgan fingerprint density at radius 2 is 1.93 bits per heavy atom. The third kappa shape index (κ3) is 3.95. The lowest BCUT2D eigenvalue weighted by Gasteiger charge is -2.18. The molecule has 0 aliphatic carbocycles. The van der Waals surface area contributed by atoms with Crippen molar-refractivity contribution in [2.75, 3.05) is 32.1 Å². The van der Waals surface area contributed by atoms with Crippen molar-refractivity contribution >= 4 is 40.7 Å². The molecule has 1 saturated heterocycles. The number of urea groups is 1.